The number of carbonyl (C=O) groups excluding carboxylic acids is 1. The Morgan fingerprint density at radius 1 is 1.21 bits per heavy atom. The van der Waals surface area contributed by atoms with Crippen LogP contribution in [0.2, 0.25) is 0 Å². The van der Waals surface area contributed by atoms with E-state index in [1.807, 2.05) is 18.7 Å². The fraction of sp³-hybridized carbons (Fsp3) is 0.750. The van der Waals surface area contributed by atoms with Crippen molar-refractivity contribution in [3.8, 4) is 0 Å². The maximum absolute atomic E-state index is 12.5. The molecule has 2 unspecified atom stereocenters. The molecule has 2 aliphatic rings. The molecule has 1 aliphatic carbocycles. The third kappa shape index (κ3) is 4.63. The van der Waals surface area contributed by atoms with Gasteiger partial charge in [0, 0.05) is 50.2 Å². The first kappa shape index (κ1) is 21.2. The van der Waals surface area contributed by atoms with E-state index in [0.717, 1.165) is 63.4 Å². The Labute approximate surface area is 155 Å². The molecule has 0 aromatic carbocycles. The molecule has 1 aromatic heterocycles. The Bertz CT molecular complexity index is 525. The number of nitrogens with zero attached hydrogens (tertiary/aromatic N) is 3. The van der Waals surface area contributed by atoms with Crippen LogP contribution >= 0.6 is 24.8 Å². The van der Waals surface area contributed by atoms with Gasteiger partial charge in [-0.15, -0.1) is 24.8 Å². The summed E-state index contributed by atoms with van der Waals surface area (Å²) >= 11 is 0. The fourth-order valence-corrected chi connectivity index (χ4v) is 3.58. The van der Waals surface area contributed by atoms with Gasteiger partial charge in [-0.05, 0) is 33.1 Å². The van der Waals surface area contributed by atoms with E-state index in [2.05, 4.69) is 10.1 Å². The van der Waals surface area contributed by atoms with Crippen LogP contribution in [-0.2, 0) is 11.3 Å². The molecular formula is C16H28Cl2N4O2. The Hall–Kier alpha value is -0.820. The topological polar surface area (TPSA) is 75.6 Å². The molecular weight excluding hydrogens is 351 g/mol. The SMILES string of the molecule is Cc1noc(C)c1CN1CCN(C(=O)C2CCC(N)C2)CC1.Cl.Cl. The average molecular weight is 379 g/mol. The Kier molecular flexibility index (Phi) is 7.99. The first-order chi connectivity index (χ1) is 10.5. The minimum Gasteiger partial charge on any atom is -0.361 e. The molecule has 6 nitrogen and oxygen atoms in total. The van der Waals surface area contributed by atoms with Crippen molar-refractivity contribution in [1.82, 2.24) is 15.0 Å². The standard InChI is InChI=1S/C16H26N4O2.2ClH/c1-11-15(12(2)22-18-11)10-19-5-7-20(8-6-19)16(21)13-3-4-14(17)9-13;;/h13-14H,3-10,17H2,1-2H3;2*1H. The minimum absolute atomic E-state index is 0. The monoisotopic (exact) mass is 378 g/mol. The second kappa shape index (κ2) is 9.04. The normalized spacial score (nSPS) is 24.4. The van der Waals surface area contributed by atoms with Gasteiger partial charge in [0.1, 0.15) is 5.76 Å². The molecule has 0 radical (unpaired) electrons. The van der Waals surface area contributed by atoms with Crippen molar-refractivity contribution >= 4 is 30.7 Å². The predicted molar refractivity (Wildman–Crippen MR) is 97.6 cm³/mol. The summed E-state index contributed by atoms with van der Waals surface area (Å²) < 4.78 is 5.22. The van der Waals surface area contributed by atoms with Gasteiger partial charge in [0.05, 0.1) is 5.69 Å². The molecule has 2 heterocycles. The first-order valence-corrected chi connectivity index (χ1v) is 8.23. The number of rotatable bonds is 3. The molecule has 2 N–H and O–H groups in total. The van der Waals surface area contributed by atoms with Crippen LogP contribution < -0.4 is 5.73 Å². The number of aryl methyl sites for hydroxylation is 2. The molecule has 3 rings (SSSR count). The van der Waals surface area contributed by atoms with E-state index in [4.69, 9.17) is 10.3 Å². The second-order valence-electron chi connectivity index (χ2n) is 6.67. The maximum atomic E-state index is 12.5. The van der Waals surface area contributed by atoms with Crippen molar-refractivity contribution < 1.29 is 9.32 Å². The summed E-state index contributed by atoms with van der Waals surface area (Å²) in [7, 11) is 0. The third-order valence-corrected chi connectivity index (χ3v) is 5.07. The zero-order chi connectivity index (χ0) is 15.7. The largest absolute Gasteiger partial charge is 0.361 e. The van der Waals surface area contributed by atoms with E-state index in [-0.39, 0.29) is 36.8 Å². The third-order valence-electron chi connectivity index (χ3n) is 5.07. The summed E-state index contributed by atoms with van der Waals surface area (Å²) in [6, 6.07) is 0.217. The van der Waals surface area contributed by atoms with Crippen LogP contribution in [-0.4, -0.2) is 53.1 Å². The summed E-state index contributed by atoms with van der Waals surface area (Å²) in [5, 5.41) is 4.01. The van der Waals surface area contributed by atoms with E-state index in [1.54, 1.807) is 0 Å². The molecule has 138 valence electrons. The lowest BCUT2D eigenvalue weighted by atomic mass is 10.1. The van der Waals surface area contributed by atoms with Gasteiger partial charge in [-0.1, -0.05) is 5.16 Å². The number of nitrogens with two attached hydrogens (primary N) is 1. The molecule has 0 spiro atoms. The van der Waals surface area contributed by atoms with Gasteiger partial charge in [-0.2, -0.15) is 0 Å². The molecule has 24 heavy (non-hydrogen) atoms. The van der Waals surface area contributed by atoms with Crippen LogP contribution in [0, 0.1) is 19.8 Å². The van der Waals surface area contributed by atoms with Gasteiger partial charge < -0.3 is 15.2 Å². The average Bonchev–Trinajstić information content (AvgIpc) is 3.08. The summed E-state index contributed by atoms with van der Waals surface area (Å²) in [5.74, 6) is 1.37. The molecule has 2 atom stereocenters. The van der Waals surface area contributed by atoms with Crippen LogP contribution in [0.5, 0.6) is 0 Å². The zero-order valence-corrected chi connectivity index (χ0v) is 16.0. The number of piperazine rings is 1. The van der Waals surface area contributed by atoms with E-state index in [1.165, 1.54) is 5.56 Å². The van der Waals surface area contributed by atoms with Gasteiger partial charge in [0.15, 0.2) is 0 Å². The number of carbonyl (C=O) groups is 1. The van der Waals surface area contributed by atoms with Crippen molar-refractivity contribution in [2.75, 3.05) is 26.2 Å². The Balaban J connectivity index is 0.00000144. The number of hydrogen-bond donors (Lipinski definition) is 1. The van der Waals surface area contributed by atoms with Gasteiger partial charge in [0.25, 0.3) is 0 Å². The van der Waals surface area contributed by atoms with Crippen molar-refractivity contribution in [2.45, 2.75) is 45.7 Å². The van der Waals surface area contributed by atoms with Crippen molar-refractivity contribution in [3.05, 3.63) is 17.0 Å². The highest BCUT2D eigenvalue weighted by molar-refractivity contribution is 5.85. The number of halogens is 2. The van der Waals surface area contributed by atoms with Crippen LogP contribution in [0.3, 0.4) is 0 Å². The zero-order valence-electron chi connectivity index (χ0n) is 14.4. The van der Waals surface area contributed by atoms with Gasteiger partial charge in [0.2, 0.25) is 5.91 Å². The lowest BCUT2D eigenvalue weighted by molar-refractivity contribution is -0.137. The molecule has 1 aromatic rings. The highest BCUT2D eigenvalue weighted by Crippen LogP contribution is 2.26. The van der Waals surface area contributed by atoms with Crippen molar-refractivity contribution in [2.24, 2.45) is 11.7 Å². The lowest BCUT2D eigenvalue weighted by Gasteiger charge is -2.36. The Morgan fingerprint density at radius 2 is 1.88 bits per heavy atom. The molecule has 1 aliphatic heterocycles. The highest BCUT2D eigenvalue weighted by Gasteiger charge is 2.32. The van der Waals surface area contributed by atoms with Gasteiger partial charge in [-0.3, -0.25) is 9.69 Å². The maximum Gasteiger partial charge on any atom is 0.225 e. The van der Waals surface area contributed by atoms with Crippen LogP contribution in [0.25, 0.3) is 0 Å². The van der Waals surface area contributed by atoms with E-state index < -0.39 is 0 Å². The molecule has 2 fully saturated rings. The van der Waals surface area contributed by atoms with E-state index in [0.29, 0.717) is 5.91 Å². The number of amides is 1. The van der Waals surface area contributed by atoms with Crippen molar-refractivity contribution in [1.29, 1.82) is 0 Å². The smallest absolute Gasteiger partial charge is 0.225 e. The van der Waals surface area contributed by atoms with Crippen molar-refractivity contribution in [3.63, 3.8) is 0 Å². The van der Waals surface area contributed by atoms with Crippen LogP contribution in [0.15, 0.2) is 4.52 Å². The summed E-state index contributed by atoms with van der Waals surface area (Å²) in [6.45, 7) is 8.25. The Morgan fingerprint density at radius 3 is 2.38 bits per heavy atom. The fourth-order valence-electron chi connectivity index (χ4n) is 3.58. The van der Waals surface area contributed by atoms with Crippen LogP contribution in [0.1, 0.15) is 36.3 Å². The predicted octanol–water partition coefficient (Wildman–Crippen LogP) is 1.91. The quantitative estimate of drug-likeness (QED) is 0.868. The highest BCUT2D eigenvalue weighted by atomic mass is 35.5. The van der Waals surface area contributed by atoms with Gasteiger partial charge >= 0.3 is 0 Å². The first-order valence-electron chi connectivity index (χ1n) is 8.23. The molecule has 0 bridgehead atoms. The molecule has 1 amide bonds. The molecule has 1 saturated heterocycles. The van der Waals surface area contributed by atoms with Gasteiger partial charge in [-0.25, -0.2) is 0 Å². The van der Waals surface area contributed by atoms with E-state index in [9.17, 15) is 4.79 Å². The minimum atomic E-state index is 0. The number of hydrogen-bond acceptors (Lipinski definition) is 5. The van der Waals surface area contributed by atoms with Crippen LogP contribution in [0.4, 0.5) is 0 Å². The summed E-state index contributed by atoms with van der Waals surface area (Å²) in [6.07, 6.45) is 2.81. The summed E-state index contributed by atoms with van der Waals surface area (Å²) in [4.78, 5) is 16.9. The number of aromatic nitrogens is 1. The van der Waals surface area contributed by atoms with E-state index >= 15 is 0 Å². The summed E-state index contributed by atoms with van der Waals surface area (Å²) in [5.41, 5.74) is 8.08. The second-order valence-corrected chi connectivity index (χ2v) is 6.67. The lowest BCUT2D eigenvalue weighted by Crippen LogP contribution is -2.49. The molecule has 8 heteroatoms. The molecule has 1 saturated carbocycles.